The van der Waals surface area contributed by atoms with E-state index >= 15 is 0 Å². The lowest BCUT2D eigenvalue weighted by Crippen LogP contribution is -2.48. The summed E-state index contributed by atoms with van der Waals surface area (Å²) in [7, 11) is 0. The Balaban J connectivity index is 1.36. The smallest absolute Gasteiger partial charge is 0.270 e. The summed E-state index contributed by atoms with van der Waals surface area (Å²) in [5.41, 5.74) is 1.93. The minimum atomic E-state index is -0.579. The summed E-state index contributed by atoms with van der Waals surface area (Å²) in [6.45, 7) is 2.53. The molecular formula is C24H20Cl2N4O4. The summed E-state index contributed by atoms with van der Waals surface area (Å²) in [6.07, 6.45) is 0. The van der Waals surface area contributed by atoms with Gasteiger partial charge in [0.15, 0.2) is 0 Å². The van der Waals surface area contributed by atoms with Crippen molar-refractivity contribution in [1.29, 1.82) is 0 Å². The zero-order valence-electron chi connectivity index (χ0n) is 17.9. The minimum absolute atomic E-state index is 0.0193. The van der Waals surface area contributed by atoms with E-state index in [1.807, 2.05) is 17.0 Å². The van der Waals surface area contributed by atoms with E-state index in [1.54, 1.807) is 36.4 Å². The van der Waals surface area contributed by atoms with Gasteiger partial charge < -0.3 is 15.1 Å². The number of piperazine rings is 1. The van der Waals surface area contributed by atoms with Crippen LogP contribution in [0, 0.1) is 10.1 Å². The second-order valence-corrected chi connectivity index (χ2v) is 8.55. The number of hydrogen-bond acceptors (Lipinski definition) is 5. The minimum Gasteiger partial charge on any atom is -0.368 e. The van der Waals surface area contributed by atoms with Gasteiger partial charge in [-0.2, -0.15) is 0 Å². The predicted octanol–water partition coefficient (Wildman–Crippen LogP) is 5.12. The van der Waals surface area contributed by atoms with E-state index in [-0.39, 0.29) is 22.2 Å². The summed E-state index contributed by atoms with van der Waals surface area (Å²) < 4.78 is 0. The maximum absolute atomic E-state index is 12.7. The van der Waals surface area contributed by atoms with Gasteiger partial charge in [0.05, 0.1) is 15.5 Å². The van der Waals surface area contributed by atoms with Crippen LogP contribution in [0.25, 0.3) is 0 Å². The second-order valence-electron chi connectivity index (χ2n) is 7.71. The highest BCUT2D eigenvalue weighted by Crippen LogP contribution is 2.25. The zero-order chi connectivity index (χ0) is 24.2. The van der Waals surface area contributed by atoms with Crippen LogP contribution in [0.15, 0.2) is 66.7 Å². The first-order chi connectivity index (χ1) is 16.3. The quantitative estimate of drug-likeness (QED) is 0.389. The molecule has 8 nitrogen and oxygen atoms in total. The highest BCUT2D eigenvalue weighted by molar-refractivity contribution is 6.34. The number of halogens is 2. The van der Waals surface area contributed by atoms with E-state index in [0.717, 1.165) is 11.8 Å². The van der Waals surface area contributed by atoms with Crippen molar-refractivity contribution in [2.45, 2.75) is 0 Å². The first-order valence-corrected chi connectivity index (χ1v) is 11.2. The van der Waals surface area contributed by atoms with Gasteiger partial charge in [-0.1, -0.05) is 23.2 Å². The van der Waals surface area contributed by atoms with Gasteiger partial charge in [0.1, 0.15) is 0 Å². The number of nitro benzene ring substituents is 1. The molecule has 0 bridgehead atoms. The van der Waals surface area contributed by atoms with Gasteiger partial charge in [0, 0.05) is 60.3 Å². The number of hydrogen-bond donors (Lipinski definition) is 1. The molecule has 1 fully saturated rings. The van der Waals surface area contributed by atoms with Gasteiger partial charge in [0.25, 0.3) is 17.5 Å². The molecule has 3 aromatic carbocycles. The Morgan fingerprint density at radius 3 is 2.15 bits per heavy atom. The number of non-ortho nitro benzene ring substituents is 1. The van der Waals surface area contributed by atoms with E-state index in [4.69, 9.17) is 23.2 Å². The maximum Gasteiger partial charge on any atom is 0.270 e. The van der Waals surface area contributed by atoms with Gasteiger partial charge in [-0.3, -0.25) is 19.7 Å². The van der Waals surface area contributed by atoms with Crippen LogP contribution in [0.1, 0.15) is 20.7 Å². The molecule has 0 radical (unpaired) electrons. The normalized spacial score (nSPS) is 13.5. The molecule has 0 atom stereocenters. The summed E-state index contributed by atoms with van der Waals surface area (Å²) in [4.78, 5) is 39.6. The van der Waals surface area contributed by atoms with Crippen LogP contribution in [0.5, 0.6) is 0 Å². The fourth-order valence-corrected chi connectivity index (χ4v) is 4.03. The first-order valence-electron chi connectivity index (χ1n) is 10.5. The molecule has 2 amide bonds. The first kappa shape index (κ1) is 23.5. The Hall–Kier alpha value is -3.62. The third kappa shape index (κ3) is 5.30. The highest BCUT2D eigenvalue weighted by Gasteiger charge is 2.22. The molecule has 0 unspecified atom stereocenters. The molecule has 1 aliphatic heterocycles. The van der Waals surface area contributed by atoms with Crippen molar-refractivity contribution in [2.75, 3.05) is 36.4 Å². The third-order valence-electron chi connectivity index (χ3n) is 5.55. The van der Waals surface area contributed by atoms with Crippen molar-refractivity contribution in [2.24, 2.45) is 0 Å². The molecule has 0 aliphatic carbocycles. The van der Waals surface area contributed by atoms with Crippen LogP contribution >= 0.6 is 23.2 Å². The zero-order valence-corrected chi connectivity index (χ0v) is 19.4. The van der Waals surface area contributed by atoms with Crippen molar-refractivity contribution >= 4 is 52.1 Å². The Bertz CT molecular complexity index is 1220. The Morgan fingerprint density at radius 1 is 0.882 bits per heavy atom. The third-order valence-corrected chi connectivity index (χ3v) is 6.14. The standard InChI is InChI=1S/C24H20Cl2N4O4/c25-17-3-1-16(2-4-17)24(32)29-13-11-28(12-14-29)19-7-5-18(6-8-19)27-23(31)21-15-20(30(33)34)9-10-22(21)26/h1-10,15H,11-14H2,(H,27,31). The average Bonchev–Trinajstić information content (AvgIpc) is 2.85. The average molecular weight is 499 g/mol. The molecular weight excluding hydrogens is 479 g/mol. The number of carbonyl (C=O) groups excluding carboxylic acids is 2. The number of benzene rings is 3. The van der Waals surface area contributed by atoms with E-state index in [1.165, 1.54) is 12.1 Å². The van der Waals surface area contributed by atoms with Crippen LogP contribution < -0.4 is 10.2 Å². The van der Waals surface area contributed by atoms with E-state index < -0.39 is 10.8 Å². The molecule has 0 spiro atoms. The molecule has 1 aliphatic rings. The van der Waals surface area contributed by atoms with Gasteiger partial charge in [0.2, 0.25) is 0 Å². The number of amides is 2. The van der Waals surface area contributed by atoms with E-state index in [0.29, 0.717) is 42.5 Å². The summed E-state index contributed by atoms with van der Waals surface area (Å²) in [6, 6.07) is 17.9. The van der Waals surface area contributed by atoms with Crippen molar-refractivity contribution in [3.63, 3.8) is 0 Å². The van der Waals surface area contributed by atoms with Crippen LogP contribution in [0.4, 0.5) is 17.1 Å². The molecule has 3 aromatic rings. The van der Waals surface area contributed by atoms with Crippen molar-refractivity contribution in [3.05, 3.63) is 98.0 Å². The fourth-order valence-electron chi connectivity index (χ4n) is 3.70. The fraction of sp³-hybridized carbons (Fsp3) is 0.167. The lowest BCUT2D eigenvalue weighted by molar-refractivity contribution is -0.384. The van der Waals surface area contributed by atoms with Crippen LogP contribution in [-0.2, 0) is 0 Å². The number of nitro groups is 1. The van der Waals surface area contributed by atoms with Crippen molar-refractivity contribution < 1.29 is 14.5 Å². The predicted molar refractivity (Wildman–Crippen MR) is 132 cm³/mol. The molecule has 0 aromatic heterocycles. The number of anilines is 2. The molecule has 4 rings (SSSR count). The van der Waals surface area contributed by atoms with E-state index in [2.05, 4.69) is 10.2 Å². The number of nitrogens with zero attached hydrogens (tertiary/aromatic N) is 3. The van der Waals surface area contributed by atoms with Gasteiger partial charge in [-0.15, -0.1) is 0 Å². The number of carbonyl (C=O) groups is 2. The molecule has 1 saturated heterocycles. The summed E-state index contributed by atoms with van der Waals surface area (Å²) in [5, 5.41) is 14.4. The van der Waals surface area contributed by atoms with Crippen molar-refractivity contribution in [3.8, 4) is 0 Å². The largest absolute Gasteiger partial charge is 0.368 e. The van der Waals surface area contributed by atoms with Crippen LogP contribution in [0.3, 0.4) is 0 Å². The Labute approximate surface area is 205 Å². The molecule has 174 valence electrons. The number of rotatable bonds is 5. The number of nitrogens with one attached hydrogen (secondary N) is 1. The lowest BCUT2D eigenvalue weighted by atomic mass is 10.1. The van der Waals surface area contributed by atoms with Gasteiger partial charge in [-0.25, -0.2) is 0 Å². The Morgan fingerprint density at radius 2 is 1.53 bits per heavy atom. The monoisotopic (exact) mass is 498 g/mol. The molecule has 1 heterocycles. The van der Waals surface area contributed by atoms with Gasteiger partial charge in [-0.05, 0) is 54.6 Å². The SMILES string of the molecule is O=C(Nc1ccc(N2CCN(C(=O)c3ccc(Cl)cc3)CC2)cc1)c1cc([N+](=O)[O-])ccc1Cl. The highest BCUT2D eigenvalue weighted by atomic mass is 35.5. The molecule has 34 heavy (non-hydrogen) atoms. The van der Waals surface area contributed by atoms with Crippen molar-refractivity contribution in [1.82, 2.24) is 4.90 Å². The second kappa shape index (κ2) is 10.1. The Kier molecular flexibility index (Phi) is 7.00. The van der Waals surface area contributed by atoms with Crippen LogP contribution in [-0.4, -0.2) is 47.8 Å². The lowest BCUT2D eigenvalue weighted by Gasteiger charge is -2.36. The summed E-state index contributed by atoms with van der Waals surface area (Å²) in [5.74, 6) is -0.551. The maximum atomic E-state index is 12.7. The topological polar surface area (TPSA) is 95.8 Å². The summed E-state index contributed by atoms with van der Waals surface area (Å²) >= 11 is 11.9. The van der Waals surface area contributed by atoms with Gasteiger partial charge >= 0.3 is 0 Å². The van der Waals surface area contributed by atoms with E-state index in [9.17, 15) is 19.7 Å². The molecule has 0 saturated carbocycles. The van der Waals surface area contributed by atoms with Crippen LogP contribution in [0.2, 0.25) is 10.0 Å². The molecule has 10 heteroatoms. The molecule has 1 N–H and O–H groups in total.